The van der Waals surface area contributed by atoms with Crippen molar-refractivity contribution in [2.45, 2.75) is 74.1 Å². The normalized spacial score (nSPS) is 19.5. The first-order valence-corrected chi connectivity index (χ1v) is 13.8. The monoisotopic (exact) mass is 406 g/mol. The summed E-state index contributed by atoms with van der Waals surface area (Å²) in [5.74, 6) is -1.26. The van der Waals surface area contributed by atoms with Gasteiger partial charge in [-0.3, -0.25) is 9.59 Å². The van der Waals surface area contributed by atoms with Crippen molar-refractivity contribution in [2.24, 2.45) is 11.8 Å². The van der Waals surface area contributed by atoms with Gasteiger partial charge in [-0.05, 0) is 25.7 Å². The summed E-state index contributed by atoms with van der Waals surface area (Å²) in [6.45, 7) is 0. The zero-order valence-electron chi connectivity index (χ0n) is 13.4. The first kappa shape index (κ1) is 20.7. The Morgan fingerprint density at radius 3 is 1.10 bits per heavy atom. The maximum atomic E-state index is 10.4. The first-order valence-electron chi connectivity index (χ1n) is 8.07. The predicted octanol–water partition coefficient (Wildman–Crippen LogP) is 4.09. The molecule has 122 valence electrons. The molecule has 0 spiro atoms. The van der Waals surface area contributed by atoms with Crippen molar-refractivity contribution in [3.8, 4) is 0 Å². The molecule has 0 aromatic carbocycles. The first-order chi connectivity index (χ1) is 10.0. The summed E-state index contributed by atoms with van der Waals surface area (Å²) < 4.78 is 0. The van der Waals surface area contributed by atoms with Gasteiger partial charge in [-0.2, -0.15) is 0 Å². The van der Waals surface area contributed by atoms with Gasteiger partial charge in [0.1, 0.15) is 0 Å². The van der Waals surface area contributed by atoms with Crippen molar-refractivity contribution in [1.29, 1.82) is 0 Å². The van der Waals surface area contributed by atoms with Gasteiger partial charge in [0.15, 0.2) is 0 Å². The van der Waals surface area contributed by atoms with Gasteiger partial charge in [-0.25, -0.2) is 0 Å². The third kappa shape index (κ3) is 11.0. The second kappa shape index (κ2) is 13.4. The Hall–Kier alpha value is -0.261. The van der Waals surface area contributed by atoms with E-state index in [1.54, 1.807) is 0 Å². The van der Waals surface area contributed by atoms with Crippen molar-refractivity contribution < 1.29 is 19.8 Å². The molecule has 0 atom stereocenters. The fourth-order valence-electron chi connectivity index (χ4n) is 2.70. The maximum absolute atomic E-state index is 10.4. The van der Waals surface area contributed by atoms with Gasteiger partial charge in [0, 0.05) is 0 Å². The van der Waals surface area contributed by atoms with Crippen LogP contribution in [0, 0.1) is 11.8 Å². The molecule has 4 nitrogen and oxygen atoms in total. The number of hydrogen-bond donors (Lipinski definition) is 2. The average molecular weight is 405 g/mol. The van der Waals surface area contributed by atoms with Crippen molar-refractivity contribution in [3.05, 3.63) is 0 Å². The SMILES string of the molecule is O=C(O)C1CCCCC1.O=C(O)C1CCCCC1.[CH3][Sn][CH3]. The van der Waals surface area contributed by atoms with Crippen molar-refractivity contribution in [3.63, 3.8) is 0 Å². The van der Waals surface area contributed by atoms with E-state index < -0.39 is 11.9 Å². The molecule has 2 aliphatic carbocycles. The van der Waals surface area contributed by atoms with Crippen LogP contribution in [0.1, 0.15) is 64.2 Å². The van der Waals surface area contributed by atoms with E-state index in [4.69, 9.17) is 10.2 Å². The van der Waals surface area contributed by atoms with E-state index in [9.17, 15) is 9.59 Å². The molecule has 2 aliphatic rings. The Balaban J connectivity index is 0.000000322. The molecule has 0 heterocycles. The molecule has 5 heteroatoms. The Bertz CT molecular complexity index is 254. The van der Waals surface area contributed by atoms with Crippen LogP contribution in [0.5, 0.6) is 0 Å². The van der Waals surface area contributed by atoms with Crippen molar-refractivity contribution >= 4 is 33.1 Å². The van der Waals surface area contributed by atoms with Gasteiger partial charge >= 0.3 is 43.0 Å². The molecule has 2 rings (SSSR count). The molecule has 2 fully saturated rings. The van der Waals surface area contributed by atoms with Gasteiger partial charge in [-0.1, -0.05) is 38.5 Å². The van der Waals surface area contributed by atoms with Crippen LogP contribution < -0.4 is 0 Å². The van der Waals surface area contributed by atoms with E-state index in [0.29, 0.717) is 0 Å². The standard InChI is InChI=1S/2C7H12O2.2CH3.Sn/c2*8-7(9)6-4-2-1-3-5-6;;;/h2*6H,1-5H2,(H,8,9);2*1H3;. The molecule has 2 radical (unpaired) electrons. The second-order valence-electron chi connectivity index (χ2n) is 5.85. The van der Waals surface area contributed by atoms with E-state index in [0.717, 1.165) is 51.4 Å². The number of carbonyl (C=O) groups is 2. The van der Waals surface area contributed by atoms with Crippen molar-refractivity contribution in [1.82, 2.24) is 0 Å². The van der Waals surface area contributed by atoms with Crippen LogP contribution in [0.25, 0.3) is 0 Å². The molecule has 0 amide bonds. The summed E-state index contributed by atoms with van der Waals surface area (Å²) in [5.41, 5.74) is 0. The average Bonchev–Trinajstić information content (AvgIpc) is 2.50. The van der Waals surface area contributed by atoms with Crippen LogP contribution in [0.4, 0.5) is 0 Å². The quantitative estimate of drug-likeness (QED) is 0.679. The number of rotatable bonds is 2. The topological polar surface area (TPSA) is 74.6 Å². The van der Waals surface area contributed by atoms with E-state index in [1.807, 2.05) is 0 Å². The molecule has 2 N–H and O–H groups in total. The fraction of sp³-hybridized carbons (Fsp3) is 0.875. The van der Waals surface area contributed by atoms with Crippen LogP contribution in [0.2, 0.25) is 9.88 Å². The summed E-state index contributed by atoms with van der Waals surface area (Å²) in [6, 6.07) is 0. The van der Waals surface area contributed by atoms with Crippen LogP contribution >= 0.6 is 0 Å². The summed E-state index contributed by atoms with van der Waals surface area (Å²) in [6.07, 6.45) is 10.5. The number of carboxylic acid groups (broad SMARTS) is 2. The Labute approximate surface area is 138 Å². The van der Waals surface area contributed by atoms with Crippen LogP contribution in [-0.2, 0) is 9.59 Å². The van der Waals surface area contributed by atoms with E-state index in [2.05, 4.69) is 9.88 Å². The predicted molar refractivity (Wildman–Crippen MR) is 85.9 cm³/mol. The van der Waals surface area contributed by atoms with Gasteiger partial charge in [0.25, 0.3) is 0 Å². The fourth-order valence-corrected chi connectivity index (χ4v) is 2.70. The molecule has 0 aromatic heterocycles. The zero-order valence-corrected chi connectivity index (χ0v) is 16.3. The summed E-state index contributed by atoms with van der Waals surface area (Å²) in [4.78, 5) is 25.3. The van der Waals surface area contributed by atoms with Gasteiger partial charge in [0.05, 0.1) is 11.8 Å². The van der Waals surface area contributed by atoms with Gasteiger partial charge in [0.2, 0.25) is 0 Å². The number of carboxylic acids is 2. The van der Waals surface area contributed by atoms with E-state index in [-0.39, 0.29) is 33.0 Å². The Kier molecular flexibility index (Phi) is 13.2. The van der Waals surface area contributed by atoms with Crippen LogP contribution in [-0.4, -0.2) is 43.3 Å². The molecular weight excluding hydrogens is 375 g/mol. The van der Waals surface area contributed by atoms with Crippen molar-refractivity contribution in [2.75, 3.05) is 0 Å². The molecule has 0 aliphatic heterocycles. The Morgan fingerprint density at radius 2 is 0.952 bits per heavy atom. The van der Waals surface area contributed by atoms with Crippen LogP contribution in [0.3, 0.4) is 0 Å². The molecule has 0 unspecified atom stereocenters. The summed E-state index contributed by atoms with van der Waals surface area (Å²) >= 11 is 0.230. The summed E-state index contributed by atoms with van der Waals surface area (Å²) in [7, 11) is 0. The number of aliphatic carboxylic acids is 2. The van der Waals surface area contributed by atoms with Crippen LogP contribution in [0.15, 0.2) is 0 Å². The van der Waals surface area contributed by atoms with E-state index in [1.165, 1.54) is 12.8 Å². The van der Waals surface area contributed by atoms with Gasteiger partial charge < -0.3 is 10.2 Å². The van der Waals surface area contributed by atoms with E-state index >= 15 is 0 Å². The zero-order chi connectivity index (χ0) is 16.1. The third-order valence-corrected chi connectivity index (χ3v) is 3.91. The molecule has 0 bridgehead atoms. The summed E-state index contributed by atoms with van der Waals surface area (Å²) in [5, 5.41) is 17.1. The van der Waals surface area contributed by atoms with Gasteiger partial charge in [-0.15, -0.1) is 0 Å². The molecule has 21 heavy (non-hydrogen) atoms. The second-order valence-corrected chi connectivity index (χ2v) is 8.70. The third-order valence-electron chi connectivity index (χ3n) is 3.91. The molecule has 0 aromatic rings. The molecule has 2 saturated carbocycles. The minimum atomic E-state index is -0.602. The number of hydrogen-bond acceptors (Lipinski definition) is 2. The molecular formula is C16H30O4Sn. The Morgan fingerprint density at radius 1 is 0.714 bits per heavy atom. The molecule has 0 saturated heterocycles. The minimum absolute atomic E-state index is 0.0289.